The van der Waals surface area contributed by atoms with Crippen molar-refractivity contribution in [2.24, 2.45) is 0 Å². The van der Waals surface area contributed by atoms with Gasteiger partial charge in [-0.2, -0.15) is 0 Å². The Morgan fingerprint density at radius 2 is 1.88 bits per heavy atom. The minimum absolute atomic E-state index is 0.126. The van der Waals surface area contributed by atoms with E-state index in [0.717, 1.165) is 43.0 Å². The van der Waals surface area contributed by atoms with Crippen molar-refractivity contribution < 1.29 is 14.3 Å². The van der Waals surface area contributed by atoms with Gasteiger partial charge < -0.3 is 19.7 Å². The third kappa shape index (κ3) is 3.43. The monoisotopic (exact) mass is 353 g/mol. The number of anilines is 2. The zero-order valence-electron chi connectivity index (χ0n) is 14.9. The Morgan fingerprint density at radius 3 is 2.62 bits per heavy atom. The van der Waals surface area contributed by atoms with E-state index < -0.39 is 5.79 Å². The average molecular weight is 353 g/mol. The van der Waals surface area contributed by atoms with E-state index in [-0.39, 0.29) is 5.91 Å². The van der Waals surface area contributed by atoms with Crippen LogP contribution in [-0.2, 0) is 9.47 Å². The van der Waals surface area contributed by atoms with Crippen LogP contribution in [0.2, 0.25) is 0 Å². The lowest BCUT2D eigenvalue weighted by molar-refractivity contribution is -0.169. The molecule has 136 valence electrons. The van der Waals surface area contributed by atoms with Crippen molar-refractivity contribution in [3.63, 3.8) is 0 Å². The van der Waals surface area contributed by atoms with Gasteiger partial charge in [0.15, 0.2) is 5.79 Å². The molecular formula is C20H23N3O3. The molecular weight excluding hydrogens is 330 g/mol. The molecule has 3 heterocycles. The summed E-state index contributed by atoms with van der Waals surface area (Å²) in [6.45, 7) is 4.93. The second kappa shape index (κ2) is 7.05. The lowest BCUT2D eigenvalue weighted by Gasteiger charge is -2.38. The third-order valence-corrected chi connectivity index (χ3v) is 5.06. The van der Waals surface area contributed by atoms with Gasteiger partial charge >= 0.3 is 0 Å². The topological polar surface area (TPSA) is 63.7 Å². The van der Waals surface area contributed by atoms with Crippen LogP contribution in [0, 0.1) is 6.92 Å². The highest BCUT2D eigenvalue weighted by atomic mass is 16.7. The van der Waals surface area contributed by atoms with Gasteiger partial charge in [-0.25, -0.2) is 4.98 Å². The van der Waals surface area contributed by atoms with Gasteiger partial charge in [0.2, 0.25) is 0 Å². The summed E-state index contributed by atoms with van der Waals surface area (Å²) in [5.74, 6) is 0.283. The molecule has 0 saturated carbocycles. The fourth-order valence-electron chi connectivity index (χ4n) is 3.50. The first-order chi connectivity index (χ1) is 12.7. The Labute approximate surface area is 153 Å². The Hall–Kier alpha value is -2.44. The number of rotatable bonds is 3. The molecule has 1 amide bonds. The number of benzene rings is 1. The first-order valence-corrected chi connectivity index (χ1v) is 9.01. The molecule has 2 aliphatic heterocycles. The van der Waals surface area contributed by atoms with E-state index in [0.29, 0.717) is 18.8 Å². The smallest absolute Gasteiger partial charge is 0.255 e. The van der Waals surface area contributed by atoms with Crippen molar-refractivity contribution in [1.82, 2.24) is 4.98 Å². The number of hydrogen-bond donors (Lipinski definition) is 1. The number of aryl methyl sites for hydroxylation is 1. The Balaban J connectivity index is 1.45. The summed E-state index contributed by atoms with van der Waals surface area (Å²) in [6.07, 6.45) is 3.32. The van der Waals surface area contributed by atoms with Crippen LogP contribution < -0.4 is 10.2 Å². The Kier molecular flexibility index (Phi) is 4.61. The molecule has 2 aliphatic rings. The maximum Gasteiger partial charge on any atom is 0.255 e. The normalized spacial score (nSPS) is 18.9. The number of pyridine rings is 1. The molecule has 1 aromatic carbocycles. The number of amides is 1. The van der Waals surface area contributed by atoms with Crippen LogP contribution in [0.4, 0.5) is 11.5 Å². The number of nitrogens with one attached hydrogen (secondary N) is 1. The first-order valence-electron chi connectivity index (χ1n) is 9.01. The number of carbonyl (C=O) groups is 1. The number of para-hydroxylation sites is 1. The van der Waals surface area contributed by atoms with Crippen LogP contribution in [0.3, 0.4) is 0 Å². The van der Waals surface area contributed by atoms with Gasteiger partial charge in [-0.1, -0.05) is 18.2 Å². The summed E-state index contributed by atoms with van der Waals surface area (Å²) in [5, 5.41) is 2.97. The number of piperidine rings is 1. The Morgan fingerprint density at radius 1 is 1.15 bits per heavy atom. The molecule has 6 heteroatoms. The van der Waals surface area contributed by atoms with E-state index in [4.69, 9.17) is 9.47 Å². The van der Waals surface area contributed by atoms with Crippen molar-refractivity contribution in [2.75, 3.05) is 36.5 Å². The van der Waals surface area contributed by atoms with Gasteiger partial charge in [-0.05, 0) is 30.7 Å². The van der Waals surface area contributed by atoms with Crippen molar-refractivity contribution in [3.05, 3.63) is 53.7 Å². The molecule has 1 spiro atoms. The number of ether oxygens (including phenoxy) is 2. The molecule has 2 saturated heterocycles. The standard InChI is InChI=1S/C20H23N3O3/c1-15-4-2-3-5-17(15)22-19(24)16-6-9-21-18(14-16)23-10-7-20(8-11-23)25-12-13-26-20/h2-6,9,14H,7-8,10-13H2,1H3,(H,22,24). The van der Waals surface area contributed by atoms with Crippen LogP contribution in [-0.4, -0.2) is 43.0 Å². The van der Waals surface area contributed by atoms with Gasteiger partial charge in [0, 0.05) is 43.4 Å². The summed E-state index contributed by atoms with van der Waals surface area (Å²) >= 11 is 0. The van der Waals surface area contributed by atoms with Crippen LogP contribution in [0.1, 0.15) is 28.8 Å². The van der Waals surface area contributed by atoms with E-state index in [9.17, 15) is 4.79 Å². The van der Waals surface area contributed by atoms with Gasteiger partial charge in [0.25, 0.3) is 5.91 Å². The minimum atomic E-state index is -0.406. The molecule has 0 atom stereocenters. The number of carbonyl (C=O) groups excluding carboxylic acids is 1. The van der Waals surface area contributed by atoms with Crippen molar-refractivity contribution >= 4 is 17.4 Å². The van der Waals surface area contributed by atoms with Crippen LogP contribution >= 0.6 is 0 Å². The summed E-state index contributed by atoms with van der Waals surface area (Å²) < 4.78 is 11.5. The molecule has 4 rings (SSSR count). The second-order valence-corrected chi connectivity index (χ2v) is 6.77. The predicted octanol–water partition coefficient (Wildman–Crippen LogP) is 2.99. The van der Waals surface area contributed by atoms with Crippen LogP contribution in [0.5, 0.6) is 0 Å². The maximum absolute atomic E-state index is 12.6. The van der Waals surface area contributed by atoms with Gasteiger partial charge in [0.1, 0.15) is 5.82 Å². The molecule has 1 N–H and O–H groups in total. The molecule has 26 heavy (non-hydrogen) atoms. The summed E-state index contributed by atoms with van der Waals surface area (Å²) in [6, 6.07) is 11.3. The van der Waals surface area contributed by atoms with Crippen molar-refractivity contribution in [3.8, 4) is 0 Å². The largest absolute Gasteiger partial charge is 0.356 e. The van der Waals surface area contributed by atoms with Crippen molar-refractivity contribution in [1.29, 1.82) is 0 Å². The molecule has 2 aromatic rings. The predicted molar refractivity (Wildman–Crippen MR) is 99.5 cm³/mol. The van der Waals surface area contributed by atoms with Crippen LogP contribution in [0.15, 0.2) is 42.6 Å². The molecule has 1 aromatic heterocycles. The maximum atomic E-state index is 12.6. The number of aromatic nitrogens is 1. The summed E-state index contributed by atoms with van der Waals surface area (Å²) in [4.78, 5) is 19.2. The van der Waals surface area contributed by atoms with Gasteiger partial charge in [-0.15, -0.1) is 0 Å². The molecule has 0 radical (unpaired) electrons. The van der Waals surface area contributed by atoms with Gasteiger partial charge in [-0.3, -0.25) is 4.79 Å². The van der Waals surface area contributed by atoms with E-state index in [1.54, 1.807) is 12.3 Å². The molecule has 0 aliphatic carbocycles. The van der Waals surface area contributed by atoms with E-state index >= 15 is 0 Å². The molecule has 0 bridgehead atoms. The van der Waals surface area contributed by atoms with Crippen molar-refractivity contribution in [2.45, 2.75) is 25.6 Å². The van der Waals surface area contributed by atoms with Crippen LogP contribution in [0.25, 0.3) is 0 Å². The lowest BCUT2D eigenvalue weighted by atomic mass is 10.0. The zero-order valence-corrected chi connectivity index (χ0v) is 14.9. The Bertz CT molecular complexity index is 792. The highest BCUT2D eigenvalue weighted by molar-refractivity contribution is 6.05. The van der Waals surface area contributed by atoms with Gasteiger partial charge in [0.05, 0.1) is 13.2 Å². The second-order valence-electron chi connectivity index (χ2n) is 6.77. The summed E-state index contributed by atoms with van der Waals surface area (Å²) in [7, 11) is 0. The number of nitrogens with zero attached hydrogens (tertiary/aromatic N) is 2. The molecule has 6 nitrogen and oxygen atoms in total. The van der Waals surface area contributed by atoms with E-state index in [1.807, 2.05) is 37.3 Å². The molecule has 2 fully saturated rings. The SMILES string of the molecule is Cc1ccccc1NC(=O)c1ccnc(N2CCC3(CC2)OCCO3)c1. The first kappa shape index (κ1) is 17.0. The van der Waals surface area contributed by atoms with E-state index in [1.165, 1.54) is 0 Å². The fourth-order valence-corrected chi connectivity index (χ4v) is 3.50. The average Bonchev–Trinajstić information content (AvgIpc) is 3.12. The fraction of sp³-hybridized carbons (Fsp3) is 0.400. The lowest BCUT2D eigenvalue weighted by Crippen LogP contribution is -2.45. The number of hydrogen-bond acceptors (Lipinski definition) is 5. The molecule has 0 unspecified atom stereocenters. The summed E-state index contributed by atoms with van der Waals surface area (Å²) in [5.41, 5.74) is 2.46. The van der Waals surface area contributed by atoms with E-state index in [2.05, 4.69) is 15.2 Å². The highest BCUT2D eigenvalue weighted by Gasteiger charge is 2.40. The minimum Gasteiger partial charge on any atom is -0.356 e. The quantitative estimate of drug-likeness (QED) is 0.919. The highest BCUT2D eigenvalue weighted by Crippen LogP contribution is 2.32. The third-order valence-electron chi connectivity index (χ3n) is 5.06. The zero-order chi connectivity index (χ0) is 18.0.